The SMILES string of the molecule is C=CCOc1ccc(C=C2SC(=Nc3ccc(C)cc3C)NC2=O)cc1. The van der Waals surface area contributed by atoms with E-state index in [-0.39, 0.29) is 5.91 Å². The molecular weight excluding hydrogens is 344 g/mol. The molecule has 0 aliphatic carbocycles. The van der Waals surface area contributed by atoms with Crippen molar-refractivity contribution in [3.05, 3.63) is 76.7 Å². The van der Waals surface area contributed by atoms with Crippen molar-refractivity contribution < 1.29 is 9.53 Å². The summed E-state index contributed by atoms with van der Waals surface area (Å²) in [4.78, 5) is 17.4. The molecule has 0 saturated carbocycles. The van der Waals surface area contributed by atoms with Gasteiger partial charge in [0.25, 0.3) is 5.91 Å². The number of hydrogen-bond acceptors (Lipinski definition) is 4. The van der Waals surface area contributed by atoms with Crippen LogP contribution in [-0.2, 0) is 4.79 Å². The van der Waals surface area contributed by atoms with Crippen LogP contribution in [0, 0.1) is 13.8 Å². The second-order valence-corrected chi connectivity index (χ2v) is 6.97. The fourth-order valence-electron chi connectivity index (χ4n) is 2.49. The molecule has 2 aromatic carbocycles. The van der Waals surface area contributed by atoms with Crippen molar-refractivity contribution in [2.45, 2.75) is 13.8 Å². The van der Waals surface area contributed by atoms with Gasteiger partial charge < -0.3 is 10.1 Å². The summed E-state index contributed by atoms with van der Waals surface area (Å²) < 4.78 is 5.46. The highest BCUT2D eigenvalue weighted by Crippen LogP contribution is 2.29. The maximum Gasteiger partial charge on any atom is 0.264 e. The van der Waals surface area contributed by atoms with Crippen LogP contribution in [0.1, 0.15) is 16.7 Å². The zero-order chi connectivity index (χ0) is 18.5. The first-order valence-electron chi connectivity index (χ1n) is 8.26. The highest BCUT2D eigenvalue weighted by molar-refractivity contribution is 8.18. The molecule has 0 radical (unpaired) electrons. The summed E-state index contributed by atoms with van der Waals surface area (Å²) in [5.41, 5.74) is 4.07. The first kappa shape index (κ1) is 18.0. The lowest BCUT2D eigenvalue weighted by atomic mass is 10.1. The molecule has 26 heavy (non-hydrogen) atoms. The molecule has 0 bridgehead atoms. The van der Waals surface area contributed by atoms with Crippen LogP contribution in [0.25, 0.3) is 6.08 Å². The third-order valence-electron chi connectivity index (χ3n) is 3.77. The second kappa shape index (κ2) is 8.06. The number of ether oxygens (including phenoxy) is 1. The third kappa shape index (κ3) is 4.43. The van der Waals surface area contributed by atoms with E-state index in [0.29, 0.717) is 16.7 Å². The monoisotopic (exact) mass is 364 g/mol. The number of carbonyl (C=O) groups excluding carboxylic acids is 1. The Balaban J connectivity index is 1.75. The van der Waals surface area contributed by atoms with Gasteiger partial charge >= 0.3 is 0 Å². The zero-order valence-electron chi connectivity index (χ0n) is 14.8. The molecule has 1 saturated heterocycles. The van der Waals surface area contributed by atoms with Crippen molar-refractivity contribution in [2.75, 3.05) is 6.61 Å². The molecule has 1 heterocycles. The predicted octanol–water partition coefficient (Wildman–Crippen LogP) is 4.76. The van der Waals surface area contributed by atoms with Gasteiger partial charge in [0.1, 0.15) is 12.4 Å². The molecule has 0 atom stereocenters. The Labute approximate surface area is 157 Å². The Morgan fingerprint density at radius 3 is 2.65 bits per heavy atom. The Hall–Kier alpha value is -2.79. The first-order valence-corrected chi connectivity index (χ1v) is 9.07. The number of aryl methyl sites for hydroxylation is 2. The van der Waals surface area contributed by atoms with Gasteiger partial charge in [-0.15, -0.1) is 0 Å². The Kier molecular flexibility index (Phi) is 5.58. The minimum absolute atomic E-state index is 0.134. The van der Waals surface area contributed by atoms with E-state index >= 15 is 0 Å². The first-order chi connectivity index (χ1) is 12.5. The van der Waals surface area contributed by atoms with Gasteiger partial charge in [0.2, 0.25) is 0 Å². The Morgan fingerprint density at radius 1 is 1.19 bits per heavy atom. The summed E-state index contributed by atoms with van der Waals surface area (Å²) in [5, 5.41) is 3.42. The van der Waals surface area contributed by atoms with Crippen LogP contribution in [0.5, 0.6) is 5.75 Å². The van der Waals surface area contributed by atoms with Gasteiger partial charge in [-0.2, -0.15) is 0 Å². The van der Waals surface area contributed by atoms with E-state index in [1.807, 2.05) is 56.3 Å². The van der Waals surface area contributed by atoms with Gasteiger partial charge in [0.15, 0.2) is 5.17 Å². The number of benzene rings is 2. The minimum Gasteiger partial charge on any atom is -0.490 e. The van der Waals surface area contributed by atoms with Gasteiger partial charge in [-0.05, 0) is 61.0 Å². The second-order valence-electron chi connectivity index (χ2n) is 5.94. The quantitative estimate of drug-likeness (QED) is 0.615. The van der Waals surface area contributed by atoms with E-state index in [2.05, 4.69) is 23.0 Å². The van der Waals surface area contributed by atoms with Crippen LogP contribution in [0.4, 0.5) is 5.69 Å². The van der Waals surface area contributed by atoms with Crippen molar-refractivity contribution in [1.82, 2.24) is 5.32 Å². The lowest BCUT2D eigenvalue weighted by molar-refractivity contribution is -0.115. The molecule has 1 aliphatic rings. The molecule has 0 aromatic heterocycles. The number of nitrogens with one attached hydrogen (secondary N) is 1. The molecule has 3 rings (SSSR count). The lowest BCUT2D eigenvalue weighted by Gasteiger charge is -2.03. The fraction of sp³-hybridized carbons (Fsp3) is 0.143. The van der Waals surface area contributed by atoms with Crippen LogP contribution in [0.15, 0.2) is 65.0 Å². The van der Waals surface area contributed by atoms with Crippen LogP contribution >= 0.6 is 11.8 Å². The van der Waals surface area contributed by atoms with Gasteiger partial charge in [-0.1, -0.05) is 42.5 Å². The predicted molar refractivity (Wildman–Crippen MR) is 109 cm³/mol. The third-order valence-corrected chi connectivity index (χ3v) is 4.68. The van der Waals surface area contributed by atoms with Crippen LogP contribution in [-0.4, -0.2) is 17.7 Å². The summed E-state index contributed by atoms with van der Waals surface area (Å²) >= 11 is 1.35. The maximum absolute atomic E-state index is 12.2. The number of rotatable bonds is 5. The van der Waals surface area contributed by atoms with Gasteiger partial charge in [0, 0.05) is 0 Å². The van der Waals surface area contributed by atoms with E-state index in [4.69, 9.17) is 4.74 Å². The van der Waals surface area contributed by atoms with E-state index in [9.17, 15) is 4.79 Å². The molecule has 1 N–H and O–H groups in total. The van der Waals surface area contributed by atoms with E-state index in [1.165, 1.54) is 17.3 Å². The van der Waals surface area contributed by atoms with Crippen LogP contribution in [0.3, 0.4) is 0 Å². The average Bonchev–Trinajstić information content (AvgIpc) is 2.96. The van der Waals surface area contributed by atoms with Crippen LogP contribution < -0.4 is 10.1 Å². The van der Waals surface area contributed by atoms with E-state index in [1.54, 1.807) is 6.08 Å². The standard InChI is InChI=1S/C21H20N2O2S/c1-4-11-25-17-8-6-16(7-9-17)13-19-20(24)23-21(26-19)22-18-10-5-14(2)12-15(18)3/h4-10,12-13H,1,11H2,2-3H3,(H,22,23,24). The molecule has 0 spiro atoms. The highest BCUT2D eigenvalue weighted by Gasteiger charge is 2.23. The van der Waals surface area contributed by atoms with Gasteiger partial charge in [0.05, 0.1) is 10.6 Å². The van der Waals surface area contributed by atoms with Gasteiger partial charge in [-0.25, -0.2) is 4.99 Å². The van der Waals surface area contributed by atoms with Crippen molar-refractivity contribution in [2.24, 2.45) is 4.99 Å². The molecular formula is C21H20N2O2S. The van der Waals surface area contributed by atoms with E-state index < -0.39 is 0 Å². The highest BCUT2D eigenvalue weighted by atomic mass is 32.2. The number of hydrogen-bond donors (Lipinski definition) is 1. The number of amides is 1. The van der Waals surface area contributed by atoms with Crippen molar-refractivity contribution in [3.8, 4) is 5.75 Å². The summed E-state index contributed by atoms with van der Waals surface area (Å²) in [5.74, 6) is 0.637. The number of thioether (sulfide) groups is 1. The fourth-order valence-corrected chi connectivity index (χ4v) is 3.32. The smallest absolute Gasteiger partial charge is 0.264 e. The molecule has 1 amide bonds. The summed E-state index contributed by atoms with van der Waals surface area (Å²) in [6.45, 7) is 8.15. The van der Waals surface area contributed by atoms with Crippen molar-refractivity contribution >= 4 is 34.6 Å². The van der Waals surface area contributed by atoms with Crippen molar-refractivity contribution in [3.63, 3.8) is 0 Å². The number of amidine groups is 1. The molecule has 4 nitrogen and oxygen atoms in total. The maximum atomic E-state index is 12.2. The molecule has 132 valence electrons. The normalized spacial score (nSPS) is 16.8. The van der Waals surface area contributed by atoms with Crippen LogP contribution in [0.2, 0.25) is 0 Å². The zero-order valence-corrected chi connectivity index (χ0v) is 15.6. The Morgan fingerprint density at radius 2 is 1.96 bits per heavy atom. The molecule has 5 heteroatoms. The molecule has 1 fully saturated rings. The summed E-state index contributed by atoms with van der Waals surface area (Å²) in [6.07, 6.45) is 3.55. The number of carbonyl (C=O) groups is 1. The summed E-state index contributed by atoms with van der Waals surface area (Å²) in [7, 11) is 0. The lowest BCUT2D eigenvalue weighted by Crippen LogP contribution is -2.19. The summed E-state index contributed by atoms with van der Waals surface area (Å²) in [6, 6.07) is 13.6. The Bertz CT molecular complexity index is 899. The minimum atomic E-state index is -0.134. The average molecular weight is 364 g/mol. The molecule has 1 aliphatic heterocycles. The van der Waals surface area contributed by atoms with Gasteiger partial charge in [-0.3, -0.25) is 4.79 Å². The largest absolute Gasteiger partial charge is 0.490 e. The van der Waals surface area contributed by atoms with E-state index in [0.717, 1.165) is 22.6 Å². The van der Waals surface area contributed by atoms with Crippen molar-refractivity contribution in [1.29, 1.82) is 0 Å². The number of nitrogens with zero attached hydrogens (tertiary/aromatic N) is 1. The molecule has 2 aromatic rings. The topological polar surface area (TPSA) is 50.7 Å². The number of aliphatic imine (C=N–C) groups is 1. The molecule has 0 unspecified atom stereocenters.